The van der Waals surface area contributed by atoms with Crippen molar-refractivity contribution in [2.24, 2.45) is 0 Å². The Kier molecular flexibility index (Phi) is 2.18. The Hall–Kier alpha value is -2.16. The van der Waals surface area contributed by atoms with Crippen LogP contribution >= 0.6 is 0 Å². The lowest BCUT2D eigenvalue weighted by Gasteiger charge is -1.95. The van der Waals surface area contributed by atoms with Crippen molar-refractivity contribution in [2.45, 2.75) is 6.92 Å². The fourth-order valence-electron chi connectivity index (χ4n) is 1.84. The lowest BCUT2D eigenvalue weighted by molar-refractivity contribution is 0.592. The number of benzene rings is 2. The first-order valence-electron chi connectivity index (χ1n) is 5.37. The predicted molar refractivity (Wildman–Crippen MR) is 64.1 cm³/mol. The van der Waals surface area contributed by atoms with Crippen molar-refractivity contribution in [1.82, 2.24) is 4.98 Å². The number of oxazole rings is 1. The minimum Gasteiger partial charge on any atom is -0.436 e. The van der Waals surface area contributed by atoms with E-state index in [1.54, 1.807) is 18.2 Å². The molecule has 1 heterocycles. The molecule has 3 heteroatoms. The molecule has 0 N–H and O–H groups in total. The maximum absolute atomic E-state index is 13.6. The summed E-state index contributed by atoms with van der Waals surface area (Å²) in [6.07, 6.45) is 0. The van der Waals surface area contributed by atoms with E-state index in [1.165, 1.54) is 6.07 Å². The third kappa shape index (κ3) is 1.60. The molecule has 3 rings (SSSR count). The molecule has 2 aromatic carbocycles. The summed E-state index contributed by atoms with van der Waals surface area (Å²) in [4.78, 5) is 4.30. The van der Waals surface area contributed by atoms with E-state index in [1.807, 2.05) is 25.1 Å². The first kappa shape index (κ1) is 10.0. The van der Waals surface area contributed by atoms with Crippen molar-refractivity contribution in [2.75, 3.05) is 0 Å². The fourth-order valence-corrected chi connectivity index (χ4v) is 1.84. The summed E-state index contributed by atoms with van der Waals surface area (Å²) in [6.45, 7) is 1.94. The topological polar surface area (TPSA) is 26.0 Å². The number of hydrogen-bond acceptors (Lipinski definition) is 2. The Balaban J connectivity index is 2.26. The van der Waals surface area contributed by atoms with Crippen molar-refractivity contribution in [3.63, 3.8) is 0 Å². The van der Waals surface area contributed by atoms with Crippen LogP contribution in [0.5, 0.6) is 0 Å². The van der Waals surface area contributed by atoms with Crippen molar-refractivity contribution in [3.8, 4) is 11.5 Å². The van der Waals surface area contributed by atoms with Crippen LogP contribution in [0.15, 0.2) is 46.9 Å². The molecule has 0 radical (unpaired) electrons. The highest BCUT2D eigenvalue weighted by molar-refractivity contribution is 5.79. The second-order valence-electron chi connectivity index (χ2n) is 3.92. The molecular weight excluding hydrogens is 217 g/mol. The monoisotopic (exact) mass is 227 g/mol. The van der Waals surface area contributed by atoms with Gasteiger partial charge in [-0.05, 0) is 30.7 Å². The quantitative estimate of drug-likeness (QED) is 0.629. The first-order chi connectivity index (χ1) is 8.25. The van der Waals surface area contributed by atoms with Gasteiger partial charge in [-0.2, -0.15) is 0 Å². The van der Waals surface area contributed by atoms with Crippen molar-refractivity contribution in [1.29, 1.82) is 0 Å². The van der Waals surface area contributed by atoms with Crippen LogP contribution in [0.3, 0.4) is 0 Å². The summed E-state index contributed by atoms with van der Waals surface area (Å²) >= 11 is 0. The van der Waals surface area contributed by atoms with Gasteiger partial charge in [0.05, 0.1) is 5.56 Å². The summed E-state index contributed by atoms with van der Waals surface area (Å²) in [5, 5.41) is 0. The number of aryl methyl sites for hydroxylation is 1. The maximum atomic E-state index is 13.6. The second-order valence-corrected chi connectivity index (χ2v) is 3.92. The average Bonchev–Trinajstić information content (AvgIpc) is 2.75. The number of fused-ring (bicyclic) bond motifs is 1. The fraction of sp³-hybridized carbons (Fsp3) is 0.0714. The van der Waals surface area contributed by atoms with Crippen LogP contribution in [-0.4, -0.2) is 4.98 Å². The van der Waals surface area contributed by atoms with Crippen LogP contribution in [0.4, 0.5) is 4.39 Å². The van der Waals surface area contributed by atoms with Crippen LogP contribution < -0.4 is 0 Å². The molecule has 0 spiro atoms. The van der Waals surface area contributed by atoms with Gasteiger partial charge in [-0.1, -0.05) is 24.3 Å². The van der Waals surface area contributed by atoms with E-state index in [0.717, 1.165) is 11.1 Å². The number of nitrogens with zero attached hydrogens (tertiary/aromatic N) is 1. The highest BCUT2D eigenvalue weighted by Crippen LogP contribution is 2.27. The molecule has 84 valence electrons. The first-order valence-corrected chi connectivity index (χ1v) is 5.37. The molecule has 0 bridgehead atoms. The molecule has 0 aliphatic heterocycles. The van der Waals surface area contributed by atoms with E-state index in [2.05, 4.69) is 4.98 Å². The summed E-state index contributed by atoms with van der Waals surface area (Å²) in [6, 6.07) is 12.2. The van der Waals surface area contributed by atoms with Gasteiger partial charge in [-0.3, -0.25) is 0 Å². The molecular formula is C14H10FNO. The number of rotatable bonds is 1. The van der Waals surface area contributed by atoms with E-state index in [9.17, 15) is 4.39 Å². The third-order valence-corrected chi connectivity index (χ3v) is 2.72. The number of hydrogen-bond donors (Lipinski definition) is 0. The molecule has 2 nitrogen and oxygen atoms in total. The van der Waals surface area contributed by atoms with Gasteiger partial charge in [0, 0.05) is 0 Å². The van der Waals surface area contributed by atoms with Gasteiger partial charge in [0.25, 0.3) is 0 Å². The van der Waals surface area contributed by atoms with Gasteiger partial charge >= 0.3 is 0 Å². The van der Waals surface area contributed by atoms with Gasteiger partial charge in [0.1, 0.15) is 11.3 Å². The highest BCUT2D eigenvalue weighted by Gasteiger charge is 2.12. The molecule has 3 aromatic rings. The molecule has 0 aliphatic carbocycles. The molecule has 0 aliphatic rings. The van der Waals surface area contributed by atoms with Crippen LogP contribution in [0.2, 0.25) is 0 Å². The third-order valence-electron chi connectivity index (χ3n) is 2.72. The Labute approximate surface area is 97.7 Å². The lowest BCUT2D eigenvalue weighted by Crippen LogP contribution is -1.82. The summed E-state index contributed by atoms with van der Waals surface area (Å²) in [7, 11) is 0. The minimum absolute atomic E-state index is 0.322. The van der Waals surface area contributed by atoms with E-state index in [4.69, 9.17) is 4.42 Å². The molecule has 0 saturated carbocycles. The Morgan fingerprint density at radius 2 is 1.88 bits per heavy atom. The second kappa shape index (κ2) is 3.70. The van der Waals surface area contributed by atoms with Crippen LogP contribution in [-0.2, 0) is 0 Å². The van der Waals surface area contributed by atoms with Gasteiger partial charge in [-0.15, -0.1) is 0 Å². The number of aromatic nitrogens is 1. The van der Waals surface area contributed by atoms with Gasteiger partial charge in [0.2, 0.25) is 5.89 Å². The molecule has 0 fully saturated rings. The van der Waals surface area contributed by atoms with Crippen LogP contribution in [0.25, 0.3) is 22.6 Å². The van der Waals surface area contributed by atoms with E-state index in [0.29, 0.717) is 17.0 Å². The standard InChI is InChI=1S/C14H10FNO/c1-9-5-4-8-12-13(9)17-14(16-12)10-6-2-3-7-11(10)15/h2-8H,1H3. The van der Waals surface area contributed by atoms with Crippen LogP contribution in [0, 0.1) is 12.7 Å². The predicted octanol–water partition coefficient (Wildman–Crippen LogP) is 3.94. The Bertz CT molecular complexity index is 688. The zero-order valence-corrected chi connectivity index (χ0v) is 9.27. The average molecular weight is 227 g/mol. The molecule has 0 atom stereocenters. The molecule has 0 unspecified atom stereocenters. The van der Waals surface area contributed by atoms with Crippen molar-refractivity contribution < 1.29 is 8.81 Å². The zero-order chi connectivity index (χ0) is 11.8. The molecule has 1 aromatic heterocycles. The molecule has 0 amide bonds. The highest BCUT2D eigenvalue weighted by atomic mass is 19.1. The van der Waals surface area contributed by atoms with Crippen molar-refractivity contribution in [3.05, 3.63) is 53.8 Å². The van der Waals surface area contributed by atoms with Crippen molar-refractivity contribution >= 4 is 11.1 Å². The van der Waals surface area contributed by atoms with Gasteiger partial charge in [0.15, 0.2) is 5.58 Å². The SMILES string of the molecule is Cc1cccc2nc(-c3ccccc3F)oc12. The summed E-state index contributed by atoms with van der Waals surface area (Å²) in [5.41, 5.74) is 2.86. The largest absolute Gasteiger partial charge is 0.436 e. The normalized spacial score (nSPS) is 10.9. The Morgan fingerprint density at radius 1 is 1.06 bits per heavy atom. The van der Waals surface area contributed by atoms with E-state index < -0.39 is 0 Å². The van der Waals surface area contributed by atoms with E-state index in [-0.39, 0.29) is 5.82 Å². The molecule has 0 saturated heterocycles. The minimum atomic E-state index is -0.322. The Morgan fingerprint density at radius 3 is 2.65 bits per heavy atom. The van der Waals surface area contributed by atoms with E-state index >= 15 is 0 Å². The summed E-state index contributed by atoms with van der Waals surface area (Å²) in [5.74, 6) is 0.00380. The smallest absolute Gasteiger partial charge is 0.230 e. The lowest BCUT2D eigenvalue weighted by atomic mass is 10.2. The zero-order valence-electron chi connectivity index (χ0n) is 9.27. The number of halogens is 1. The maximum Gasteiger partial charge on any atom is 0.230 e. The molecule has 17 heavy (non-hydrogen) atoms. The number of para-hydroxylation sites is 1. The van der Waals surface area contributed by atoms with Crippen LogP contribution in [0.1, 0.15) is 5.56 Å². The summed E-state index contributed by atoms with van der Waals surface area (Å²) < 4.78 is 19.2. The van der Waals surface area contributed by atoms with Gasteiger partial charge in [-0.25, -0.2) is 9.37 Å². The van der Waals surface area contributed by atoms with Gasteiger partial charge < -0.3 is 4.42 Å².